The third-order valence-electron chi connectivity index (χ3n) is 2.90. The molecule has 0 rings (SSSR count). The second kappa shape index (κ2) is 9.68. The van der Waals surface area contributed by atoms with Crippen LogP contribution in [0.1, 0.15) is 39.5 Å². The minimum Gasteiger partial charge on any atom is -0.468 e. The van der Waals surface area contributed by atoms with E-state index in [0.717, 1.165) is 19.3 Å². The SMILES string of the molecule is C/C=C/C(CCCC)CC(C(=O)OC)C(=O)OC. The number of esters is 2. The van der Waals surface area contributed by atoms with E-state index < -0.39 is 17.9 Å². The van der Waals surface area contributed by atoms with Gasteiger partial charge in [0.2, 0.25) is 0 Å². The Labute approximate surface area is 109 Å². The van der Waals surface area contributed by atoms with Crippen LogP contribution in [0.2, 0.25) is 0 Å². The van der Waals surface area contributed by atoms with E-state index in [4.69, 9.17) is 0 Å². The summed E-state index contributed by atoms with van der Waals surface area (Å²) in [5.41, 5.74) is 0. The Kier molecular flexibility index (Phi) is 8.97. The van der Waals surface area contributed by atoms with Crippen LogP contribution in [0, 0.1) is 11.8 Å². The number of hydrogen-bond donors (Lipinski definition) is 0. The third-order valence-corrected chi connectivity index (χ3v) is 2.90. The minimum absolute atomic E-state index is 0.207. The number of methoxy groups -OCH3 is 2. The van der Waals surface area contributed by atoms with Crippen molar-refractivity contribution in [3.8, 4) is 0 Å². The van der Waals surface area contributed by atoms with Crippen LogP contribution < -0.4 is 0 Å². The summed E-state index contributed by atoms with van der Waals surface area (Å²) in [4.78, 5) is 23.2. The molecule has 0 saturated heterocycles. The van der Waals surface area contributed by atoms with Crippen molar-refractivity contribution < 1.29 is 19.1 Å². The smallest absolute Gasteiger partial charge is 0.320 e. The van der Waals surface area contributed by atoms with Crippen molar-refractivity contribution in [2.45, 2.75) is 39.5 Å². The predicted octanol–water partition coefficient (Wildman–Crippen LogP) is 2.72. The van der Waals surface area contributed by atoms with Gasteiger partial charge in [0.1, 0.15) is 0 Å². The molecule has 4 heteroatoms. The highest BCUT2D eigenvalue weighted by atomic mass is 16.5. The van der Waals surface area contributed by atoms with Crippen molar-refractivity contribution in [3.63, 3.8) is 0 Å². The number of carbonyl (C=O) groups is 2. The Bertz CT molecular complexity index is 268. The summed E-state index contributed by atoms with van der Waals surface area (Å²) in [6.07, 6.45) is 7.56. The predicted molar refractivity (Wildman–Crippen MR) is 70.0 cm³/mol. The van der Waals surface area contributed by atoms with E-state index in [2.05, 4.69) is 16.4 Å². The highest BCUT2D eigenvalue weighted by molar-refractivity contribution is 5.94. The molecule has 0 aliphatic carbocycles. The van der Waals surface area contributed by atoms with Crippen LogP contribution in [0.15, 0.2) is 12.2 Å². The van der Waals surface area contributed by atoms with Gasteiger partial charge in [-0.1, -0.05) is 31.9 Å². The largest absolute Gasteiger partial charge is 0.468 e. The first-order valence-corrected chi connectivity index (χ1v) is 6.39. The van der Waals surface area contributed by atoms with Crippen LogP contribution in [-0.4, -0.2) is 26.2 Å². The van der Waals surface area contributed by atoms with E-state index in [1.807, 2.05) is 19.1 Å². The molecule has 0 saturated carbocycles. The Morgan fingerprint density at radius 2 is 1.72 bits per heavy atom. The number of unbranched alkanes of at least 4 members (excludes halogenated alkanes) is 1. The summed E-state index contributed by atoms with van der Waals surface area (Å²) in [7, 11) is 2.57. The molecule has 0 radical (unpaired) electrons. The normalized spacial score (nSPS) is 12.7. The molecule has 0 aromatic rings. The average molecular weight is 256 g/mol. The monoisotopic (exact) mass is 256 g/mol. The fraction of sp³-hybridized carbons (Fsp3) is 0.714. The molecular formula is C14H24O4. The van der Waals surface area contributed by atoms with Gasteiger partial charge in [0, 0.05) is 0 Å². The van der Waals surface area contributed by atoms with Crippen LogP contribution in [0.4, 0.5) is 0 Å². The van der Waals surface area contributed by atoms with Gasteiger partial charge in [-0.3, -0.25) is 9.59 Å². The summed E-state index contributed by atoms with van der Waals surface area (Å²) < 4.78 is 9.31. The van der Waals surface area contributed by atoms with Crippen LogP contribution in [0.25, 0.3) is 0 Å². The summed E-state index contributed by atoms with van der Waals surface area (Å²) >= 11 is 0. The van der Waals surface area contributed by atoms with E-state index in [9.17, 15) is 9.59 Å². The maximum atomic E-state index is 11.6. The first kappa shape index (κ1) is 16.7. The summed E-state index contributed by atoms with van der Waals surface area (Å²) in [6.45, 7) is 4.05. The minimum atomic E-state index is -0.821. The van der Waals surface area contributed by atoms with Crippen molar-refractivity contribution >= 4 is 11.9 Å². The molecule has 0 N–H and O–H groups in total. The van der Waals surface area contributed by atoms with Gasteiger partial charge in [-0.2, -0.15) is 0 Å². The number of rotatable bonds is 8. The zero-order valence-electron chi connectivity index (χ0n) is 11.8. The third kappa shape index (κ3) is 5.84. The molecule has 4 nitrogen and oxygen atoms in total. The molecule has 0 aliphatic rings. The highest BCUT2D eigenvalue weighted by Gasteiger charge is 2.30. The topological polar surface area (TPSA) is 52.6 Å². The fourth-order valence-corrected chi connectivity index (χ4v) is 1.91. The number of ether oxygens (including phenoxy) is 2. The molecule has 0 aromatic carbocycles. The molecule has 0 spiro atoms. The van der Waals surface area contributed by atoms with Crippen LogP contribution >= 0.6 is 0 Å². The maximum absolute atomic E-state index is 11.6. The van der Waals surface area contributed by atoms with E-state index in [0.29, 0.717) is 6.42 Å². The van der Waals surface area contributed by atoms with E-state index >= 15 is 0 Å². The first-order chi connectivity index (χ1) is 8.60. The number of hydrogen-bond acceptors (Lipinski definition) is 4. The Hall–Kier alpha value is -1.32. The lowest BCUT2D eigenvalue weighted by molar-refractivity contribution is -0.159. The molecular weight excluding hydrogens is 232 g/mol. The molecule has 0 amide bonds. The van der Waals surface area contributed by atoms with E-state index in [1.54, 1.807) is 0 Å². The van der Waals surface area contributed by atoms with Crippen LogP contribution in [0.5, 0.6) is 0 Å². The van der Waals surface area contributed by atoms with Gasteiger partial charge in [0.15, 0.2) is 5.92 Å². The summed E-state index contributed by atoms with van der Waals surface area (Å²) in [5, 5.41) is 0. The molecule has 0 aliphatic heterocycles. The van der Waals surface area contributed by atoms with Gasteiger partial charge in [-0.15, -0.1) is 0 Å². The maximum Gasteiger partial charge on any atom is 0.320 e. The first-order valence-electron chi connectivity index (χ1n) is 6.39. The summed E-state index contributed by atoms with van der Waals surface area (Å²) in [6, 6.07) is 0. The van der Waals surface area contributed by atoms with E-state index in [-0.39, 0.29) is 5.92 Å². The molecule has 18 heavy (non-hydrogen) atoms. The highest BCUT2D eigenvalue weighted by Crippen LogP contribution is 2.22. The van der Waals surface area contributed by atoms with E-state index in [1.165, 1.54) is 14.2 Å². The molecule has 0 fully saturated rings. The van der Waals surface area contributed by atoms with Crippen LogP contribution in [-0.2, 0) is 19.1 Å². The van der Waals surface area contributed by atoms with Gasteiger partial charge in [0.05, 0.1) is 14.2 Å². The Morgan fingerprint density at radius 1 is 1.17 bits per heavy atom. The lowest BCUT2D eigenvalue weighted by Crippen LogP contribution is -2.28. The van der Waals surface area contributed by atoms with Crippen molar-refractivity contribution in [2.75, 3.05) is 14.2 Å². The zero-order chi connectivity index (χ0) is 14.0. The summed E-state index contributed by atoms with van der Waals surface area (Å²) in [5.74, 6) is -1.66. The average Bonchev–Trinajstić information content (AvgIpc) is 2.40. The zero-order valence-corrected chi connectivity index (χ0v) is 11.8. The fourth-order valence-electron chi connectivity index (χ4n) is 1.91. The second-order valence-corrected chi connectivity index (χ2v) is 4.26. The number of carbonyl (C=O) groups excluding carboxylic acids is 2. The van der Waals surface area contributed by atoms with Gasteiger partial charge in [-0.05, 0) is 25.7 Å². The second-order valence-electron chi connectivity index (χ2n) is 4.26. The molecule has 1 unspecified atom stereocenters. The molecule has 0 aromatic heterocycles. The van der Waals surface area contributed by atoms with Crippen molar-refractivity contribution in [1.29, 1.82) is 0 Å². The standard InChI is InChI=1S/C14H24O4/c1-5-7-9-11(8-6-2)10-12(13(15)17-3)14(16)18-4/h6,8,11-12H,5,7,9-10H2,1-4H3/b8-6+. The lowest BCUT2D eigenvalue weighted by Gasteiger charge is -2.17. The van der Waals surface area contributed by atoms with Crippen LogP contribution in [0.3, 0.4) is 0 Å². The van der Waals surface area contributed by atoms with Gasteiger partial charge in [0.25, 0.3) is 0 Å². The van der Waals surface area contributed by atoms with Gasteiger partial charge < -0.3 is 9.47 Å². The Morgan fingerprint density at radius 3 is 2.11 bits per heavy atom. The lowest BCUT2D eigenvalue weighted by atomic mass is 9.90. The molecule has 0 heterocycles. The van der Waals surface area contributed by atoms with Crippen molar-refractivity contribution in [2.24, 2.45) is 11.8 Å². The molecule has 1 atom stereocenters. The number of allylic oxidation sites excluding steroid dienone is 2. The molecule has 104 valence electrons. The Balaban J connectivity index is 4.68. The van der Waals surface area contributed by atoms with Crippen molar-refractivity contribution in [1.82, 2.24) is 0 Å². The van der Waals surface area contributed by atoms with Gasteiger partial charge in [-0.25, -0.2) is 0 Å². The van der Waals surface area contributed by atoms with Crippen molar-refractivity contribution in [3.05, 3.63) is 12.2 Å². The quantitative estimate of drug-likeness (QED) is 0.380. The molecule has 0 bridgehead atoms. The van der Waals surface area contributed by atoms with Gasteiger partial charge >= 0.3 is 11.9 Å².